The number of rotatable bonds is 6. The predicted molar refractivity (Wildman–Crippen MR) is 66.1 cm³/mol. The minimum atomic E-state index is -0.437. The Balaban J connectivity index is 4.15. The minimum absolute atomic E-state index is 0.0623. The van der Waals surface area contributed by atoms with Crippen molar-refractivity contribution >= 4 is 5.91 Å². The quantitative estimate of drug-likeness (QED) is 0.722. The van der Waals surface area contributed by atoms with E-state index in [-0.39, 0.29) is 23.5 Å². The van der Waals surface area contributed by atoms with Gasteiger partial charge in [-0.05, 0) is 33.1 Å². The number of methoxy groups -OCH3 is 1. The molecular weight excluding hydrogens is 204 g/mol. The second-order valence-corrected chi connectivity index (χ2v) is 5.35. The summed E-state index contributed by atoms with van der Waals surface area (Å²) in [5.74, 6) is 0.0667. The summed E-state index contributed by atoms with van der Waals surface area (Å²) in [5.41, 5.74) is 5.53. The molecule has 96 valence electrons. The van der Waals surface area contributed by atoms with Gasteiger partial charge in [-0.3, -0.25) is 4.79 Å². The van der Waals surface area contributed by atoms with Gasteiger partial charge in [0.1, 0.15) is 0 Å². The van der Waals surface area contributed by atoms with Crippen molar-refractivity contribution in [2.75, 3.05) is 7.11 Å². The number of carbonyl (C=O) groups is 1. The summed E-state index contributed by atoms with van der Waals surface area (Å²) in [6.45, 7) is 9.84. The largest absolute Gasteiger partial charge is 0.379 e. The fourth-order valence-corrected chi connectivity index (χ4v) is 1.51. The number of nitrogens with two attached hydrogens (primary N) is 1. The van der Waals surface area contributed by atoms with E-state index in [0.29, 0.717) is 0 Å². The maximum atomic E-state index is 11.7. The third-order valence-corrected chi connectivity index (χ3v) is 2.76. The fraction of sp³-hybridized carbons (Fsp3) is 0.917. The Bertz CT molecular complexity index is 227. The van der Waals surface area contributed by atoms with E-state index in [9.17, 15) is 4.79 Å². The van der Waals surface area contributed by atoms with Gasteiger partial charge in [0, 0.05) is 13.2 Å². The highest BCUT2D eigenvalue weighted by Crippen LogP contribution is 2.15. The van der Waals surface area contributed by atoms with Gasteiger partial charge in [0.25, 0.3) is 0 Å². The molecule has 0 aliphatic carbocycles. The molecule has 0 radical (unpaired) electrons. The van der Waals surface area contributed by atoms with Crippen LogP contribution in [0.15, 0.2) is 0 Å². The van der Waals surface area contributed by atoms with Crippen molar-refractivity contribution in [2.45, 2.75) is 58.7 Å². The van der Waals surface area contributed by atoms with Crippen LogP contribution in [0, 0.1) is 5.92 Å². The number of hydrogen-bond donors (Lipinski definition) is 2. The molecule has 0 aromatic carbocycles. The van der Waals surface area contributed by atoms with Gasteiger partial charge >= 0.3 is 0 Å². The molecule has 0 heterocycles. The van der Waals surface area contributed by atoms with Crippen molar-refractivity contribution in [2.24, 2.45) is 11.7 Å². The summed E-state index contributed by atoms with van der Waals surface area (Å²) < 4.78 is 5.32. The summed E-state index contributed by atoms with van der Waals surface area (Å²) in [6.07, 6.45) is 0.764. The Hall–Kier alpha value is -0.610. The van der Waals surface area contributed by atoms with Crippen LogP contribution in [0.1, 0.15) is 41.0 Å². The van der Waals surface area contributed by atoms with Gasteiger partial charge < -0.3 is 15.8 Å². The molecule has 3 N–H and O–H groups in total. The van der Waals surface area contributed by atoms with Crippen molar-refractivity contribution in [3.8, 4) is 0 Å². The fourth-order valence-electron chi connectivity index (χ4n) is 1.51. The van der Waals surface area contributed by atoms with E-state index >= 15 is 0 Å². The predicted octanol–water partition coefficient (Wildman–Crippen LogP) is 1.29. The monoisotopic (exact) mass is 230 g/mol. The zero-order chi connectivity index (χ0) is 12.9. The zero-order valence-corrected chi connectivity index (χ0v) is 11.3. The molecule has 0 saturated carbocycles. The first-order valence-electron chi connectivity index (χ1n) is 5.80. The average molecular weight is 230 g/mol. The first kappa shape index (κ1) is 15.4. The molecule has 0 aliphatic heterocycles. The summed E-state index contributed by atoms with van der Waals surface area (Å²) in [4.78, 5) is 11.7. The Kier molecular flexibility index (Phi) is 5.97. The lowest BCUT2D eigenvalue weighted by atomic mass is 9.98. The van der Waals surface area contributed by atoms with Gasteiger partial charge in [-0.15, -0.1) is 0 Å². The maximum absolute atomic E-state index is 11.7. The van der Waals surface area contributed by atoms with Crippen LogP contribution >= 0.6 is 0 Å². The molecule has 0 aromatic rings. The van der Waals surface area contributed by atoms with Gasteiger partial charge in [-0.2, -0.15) is 0 Å². The Morgan fingerprint density at radius 1 is 1.38 bits per heavy atom. The standard InChI is InChI=1S/C12H26N2O2/c1-8(2)10(13)11(15)14-9(3)7-12(4,5)16-6/h8-10H,7,13H2,1-6H3,(H,14,15)/t9?,10-/m0/s1. The highest BCUT2D eigenvalue weighted by Gasteiger charge is 2.23. The van der Waals surface area contributed by atoms with Gasteiger partial charge in [0.05, 0.1) is 11.6 Å². The summed E-state index contributed by atoms with van der Waals surface area (Å²) >= 11 is 0. The van der Waals surface area contributed by atoms with E-state index in [1.807, 2.05) is 34.6 Å². The molecule has 1 unspecified atom stereocenters. The topological polar surface area (TPSA) is 64.3 Å². The van der Waals surface area contributed by atoms with Crippen LogP contribution in [0.4, 0.5) is 0 Å². The number of carbonyl (C=O) groups excluding carboxylic acids is 1. The van der Waals surface area contributed by atoms with Crippen LogP contribution in [0.25, 0.3) is 0 Å². The van der Waals surface area contributed by atoms with Gasteiger partial charge in [0.15, 0.2) is 0 Å². The van der Waals surface area contributed by atoms with E-state index in [0.717, 1.165) is 6.42 Å². The molecule has 2 atom stereocenters. The SMILES string of the molecule is COC(C)(C)CC(C)NC(=O)[C@@H](N)C(C)C. The minimum Gasteiger partial charge on any atom is -0.379 e. The molecule has 1 amide bonds. The van der Waals surface area contributed by atoms with Gasteiger partial charge in [-0.25, -0.2) is 0 Å². The normalized spacial score (nSPS) is 16.0. The van der Waals surface area contributed by atoms with E-state index in [2.05, 4.69) is 5.32 Å². The smallest absolute Gasteiger partial charge is 0.237 e. The second-order valence-electron chi connectivity index (χ2n) is 5.35. The molecule has 0 rings (SSSR count). The van der Waals surface area contributed by atoms with Crippen LogP contribution in [0.2, 0.25) is 0 Å². The third-order valence-electron chi connectivity index (χ3n) is 2.76. The number of ether oxygens (including phenoxy) is 1. The summed E-state index contributed by atoms with van der Waals surface area (Å²) in [7, 11) is 1.67. The highest BCUT2D eigenvalue weighted by atomic mass is 16.5. The first-order chi connectivity index (χ1) is 7.19. The Morgan fingerprint density at radius 2 is 1.88 bits per heavy atom. The molecule has 0 saturated heterocycles. The zero-order valence-electron chi connectivity index (χ0n) is 11.3. The highest BCUT2D eigenvalue weighted by molar-refractivity contribution is 5.81. The molecule has 0 fully saturated rings. The second kappa shape index (κ2) is 6.21. The van der Waals surface area contributed by atoms with E-state index in [1.54, 1.807) is 7.11 Å². The first-order valence-corrected chi connectivity index (χ1v) is 5.80. The lowest BCUT2D eigenvalue weighted by Crippen LogP contribution is -2.48. The molecule has 0 aromatic heterocycles. The Labute approximate surface area is 98.9 Å². The van der Waals surface area contributed by atoms with E-state index in [1.165, 1.54) is 0 Å². The van der Waals surface area contributed by atoms with E-state index < -0.39 is 6.04 Å². The molecule has 0 bridgehead atoms. The van der Waals surface area contributed by atoms with Crippen LogP contribution in [0.3, 0.4) is 0 Å². The summed E-state index contributed by atoms with van der Waals surface area (Å²) in [5, 5.41) is 2.91. The number of amides is 1. The molecule has 4 heteroatoms. The lowest BCUT2D eigenvalue weighted by Gasteiger charge is -2.28. The molecule has 16 heavy (non-hydrogen) atoms. The molecular formula is C12H26N2O2. The van der Waals surface area contributed by atoms with Crippen LogP contribution < -0.4 is 11.1 Å². The lowest BCUT2D eigenvalue weighted by molar-refractivity contribution is -0.124. The molecule has 4 nitrogen and oxygen atoms in total. The van der Waals surface area contributed by atoms with Crippen LogP contribution in [-0.2, 0) is 9.53 Å². The van der Waals surface area contributed by atoms with Crippen molar-refractivity contribution < 1.29 is 9.53 Å². The van der Waals surface area contributed by atoms with Crippen molar-refractivity contribution in [3.05, 3.63) is 0 Å². The summed E-state index contributed by atoms with van der Waals surface area (Å²) in [6, 6.07) is -0.375. The van der Waals surface area contributed by atoms with Crippen LogP contribution in [-0.4, -0.2) is 30.7 Å². The van der Waals surface area contributed by atoms with Gasteiger partial charge in [0.2, 0.25) is 5.91 Å². The number of nitrogens with one attached hydrogen (secondary N) is 1. The van der Waals surface area contributed by atoms with Crippen molar-refractivity contribution in [3.63, 3.8) is 0 Å². The van der Waals surface area contributed by atoms with Crippen molar-refractivity contribution in [1.29, 1.82) is 0 Å². The third kappa shape index (κ3) is 5.47. The van der Waals surface area contributed by atoms with Gasteiger partial charge in [-0.1, -0.05) is 13.8 Å². The van der Waals surface area contributed by atoms with E-state index in [4.69, 9.17) is 10.5 Å². The Morgan fingerprint density at radius 3 is 2.25 bits per heavy atom. The number of hydrogen-bond acceptors (Lipinski definition) is 3. The maximum Gasteiger partial charge on any atom is 0.237 e. The molecule has 0 spiro atoms. The molecule has 0 aliphatic rings. The van der Waals surface area contributed by atoms with Crippen LogP contribution in [0.5, 0.6) is 0 Å². The average Bonchev–Trinajstić information content (AvgIpc) is 2.15. The van der Waals surface area contributed by atoms with Crippen molar-refractivity contribution in [1.82, 2.24) is 5.32 Å².